The van der Waals surface area contributed by atoms with Gasteiger partial charge in [-0.2, -0.15) is 0 Å². The number of benzene rings is 2. The Morgan fingerprint density at radius 3 is 2.37 bits per heavy atom. The van der Waals surface area contributed by atoms with Crippen LogP contribution in [0, 0.1) is 11.6 Å². The number of likely N-dealkylation sites (tertiary alicyclic amines) is 1. The van der Waals surface area contributed by atoms with Gasteiger partial charge in [-0.3, -0.25) is 9.69 Å². The quantitative estimate of drug-likeness (QED) is 0.832. The van der Waals surface area contributed by atoms with Gasteiger partial charge in [-0.15, -0.1) is 0 Å². The van der Waals surface area contributed by atoms with E-state index in [0.29, 0.717) is 19.7 Å². The summed E-state index contributed by atoms with van der Waals surface area (Å²) in [6.07, 6.45) is 1.79. The first kappa shape index (κ1) is 19.5. The third kappa shape index (κ3) is 5.11. The van der Waals surface area contributed by atoms with Gasteiger partial charge in [0.05, 0.1) is 18.8 Å². The molecule has 1 heterocycles. The van der Waals surface area contributed by atoms with Crippen molar-refractivity contribution in [3.05, 3.63) is 65.7 Å². The van der Waals surface area contributed by atoms with Crippen LogP contribution in [0.25, 0.3) is 0 Å². The van der Waals surface area contributed by atoms with Crippen molar-refractivity contribution < 1.29 is 18.3 Å². The molecule has 1 N–H and O–H groups in total. The molecule has 2 aromatic rings. The second-order valence-corrected chi connectivity index (χ2v) is 6.79. The second-order valence-electron chi connectivity index (χ2n) is 6.79. The van der Waals surface area contributed by atoms with Crippen LogP contribution in [0.2, 0.25) is 0 Å². The lowest BCUT2D eigenvalue weighted by Crippen LogP contribution is -2.47. The molecule has 0 spiro atoms. The van der Waals surface area contributed by atoms with Gasteiger partial charge in [0.15, 0.2) is 0 Å². The van der Waals surface area contributed by atoms with E-state index >= 15 is 0 Å². The Kier molecular flexibility index (Phi) is 6.53. The molecule has 1 unspecified atom stereocenters. The summed E-state index contributed by atoms with van der Waals surface area (Å²) in [5.41, 5.74) is 0.745. The summed E-state index contributed by atoms with van der Waals surface area (Å²) in [6, 6.07) is 13.1. The van der Waals surface area contributed by atoms with Crippen LogP contribution in [0.1, 0.15) is 25.3 Å². The van der Waals surface area contributed by atoms with Gasteiger partial charge >= 0.3 is 0 Å². The number of para-hydroxylation sites is 1. The van der Waals surface area contributed by atoms with Crippen molar-refractivity contribution in [3.8, 4) is 0 Å². The van der Waals surface area contributed by atoms with Crippen molar-refractivity contribution >= 4 is 11.6 Å². The molecule has 2 aromatic carbocycles. The average Bonchev–Trinajstić information content (AvgIpc) is 2.70. The molecule has 1 saturated heterocycles. The van der Waals surface area contributed by atoms with Crippen LogP contribution in [0.4, 0.5) is 14.5 Å². The Morgan fingerprint density at radius 1 is 1.11 bits per heavy atom. The van der Waals surface area contributed by atoms with Crippen LogP contribution in [-0.4, -0.2) is 36.0 Å². The molecule has 0 aromatic heterocycles. The van der Waals surface area contributed by atoms with Crippen molar-refractivity contribution in [2.45, 2.75) is 38.5 Å². The van der Waals surface area contributed by atoms with Crippen molar-refractivity contribution in [3.63, 3.8) is 0 Å². The Balaban J connectivity index is 1.48. The number of nitrogens with zero attached hydrogens (tertiary/aromatic N) is 1. The fourth-order valence-corrected chi connectivity index (χ4v) is 3.23. The number of nitrogens with one attached hydrogen (secondary N) is 1. The van der Waals surface area contributed by atoms with E-state index in [4.69, 9.17) is 4.74 Å². The van der Waals surface area contributed by atoms with E-state index in [0.717, 1.165) is 30.5 Å². The highest BCUT2D eigenvalue weighted by molar-refractivity contribution is 5.94. The molecule has 0 radical (unpaired) electrons. The van der Waals surface area contributed by atoms with Crippen LogP contribution in [-0.2, 0) is 16.1 Å². The molecule has 144 valence electrons. The summed E-state index contributed by atoms with van der Waals surface area (Å²) < 4.78 is 33.4. The lowest BCUT2D eigenvalue weighted by atomic mass is 10.1. The van der Waals surface area contributed by atoms with E-state index < -0.39 is 29.3 Å². The molecular weight excluding hydrogens is 350 g/mol. The first-order valence-corrected chi connectivity index (χ1v) is 9.19. The number of carbonyl (C=O) groups excluding carboxylic acids is 1. The topological polar surface area (TPSA) is 41.6 Å². The average molecular weight is 374 g/mol. The number of amides is 1. The summed E-state index contributed by atoms with van der Waals surface area (Å²) in [4.78, 5) is 14.4. The highest BCUT2D eigenvalue weighted by Gasteiger charge is 2.27. The summed E-state index contributed by atoms with van der Waals surface area (Å²) in [7, 11) is 0. The van der Waals surface area contributed by atoms with Crippen molar-refractivity contribution in [2.24, 2.45) is 0 Å². The van der Waals surface area contributed by atoms with Crippen molar-refractivity contribution in [2.75, 3.05) is 18.4 Å². The second kappa shape index (κ2) is 9.06. The number of anilines is 1. The maximum absolute atomic E-state index is 13.7. The van der Waals surface area contributed by atoms with Crippen LogP contribution in [0.3, 0.4) is 0 Å². The lowest BCUT2D eigenvalue weighted by molar-refractivity contribution is -0.122. The highest BCUT2D eigenvalue weighted by atomic mass is 19.1. The van der Waals surface area contributed by atoms with Crippen LogP contribution in [0.5, 0.6) is 0 Å². The zero-order valence-electron chi connectivity index (χ0n) is 15.3. The molecular formula is C21H24F2N2O2. The maximum atomic E-state index is 13.7. The predicted octanol–water partition coefficient (Wildman–Crippen LogP) is 3.97. The number of carbonyl (C=O) groups is 1. The zero-order chi connectivity index (χ0) is 19.2. The van der Waals surface area contributed by atoms with E-state index in [2.05, 4.69) is 5.32 Å². The van der Waals surface area contributed by atoms with E-state index in [-0.39, 0.29) is 6.10 Å². The van der Waals surface area contributed by atoms with Gasteiger partial charge in [-0.1, -0.05) is 36.4 Å². The summed E-state index contributed by atoms with van der Waals surface area (Å²) in [5, 5.41) is 2.37. The highest BCUT2D eigenvalue weighted by Crippen LogP contribution is 2.21. The van der Waals surface area contributed by atoms with Crippen LogP contribution < -0.4 is 5.32 Å². The molecule has 0 aliphatic carbocycles. The molecule has 6 heteroatoms. The normalized spacial score (nSPS) is 16.9. The van der Waals surface area contributed by atoms with E-state index in [1.54, 1.807) is 6.92 Å². The Hall–Kier alpha value is -2.31. The zero-order valence-corrected chi connectivity index (χ0v) is 15.3. The fourth-order valence-electron chi connectivity index (χ4n) is 3.23. The largest absolute Gasteiger partial charge is 0.373 e. The van der Waals surface area contributed by atoms with Crippen LogP contribution >= 0.6 is 0 Å². The summed E-state index contributed by atoms with van der Waals surface area (Å²) in [5.74, 6) is -1.96. The van der Waals surface area contributed by atoms with Gasteiger partial charge in [-0.05, 0) is 37.5 Å². The monoisotopic (exact) mass is 374 g/mol. The molecule has 1 atom stereocenters. The third-order valence-corrected chi connectivity index (χ3v) is 4.94. The van der Waals surface area contributed by atoms with Gasteiger partial charge in [0.2, 0.25) is 5.91 Å². The minimum absolute atomic E-state index is 0.153. The molecule has 1 fully saturated rings. The Labute approximate surface area is 158 Å². The standard InChI is InChI=1S/C21H24F2N2O2/c1-15(21(26)24-20-18(22)8-5-9-19(20)23)25-12-10-17(11-13-25)27-14-16-6-3-2-4-7-16/h2-9,15,17H,10-14H2,1H3,(H,24,26). The van der Waals surface area contributed by atoms with Crippen molar-refractivity contribution in [1.82, 2.24) is 4.90 Å². The SMILES string of the molecule is CC(C(=O)Nc1c(F)cccc1F)N1CCC(OCc2ccccc2)CC1. The number of piperidine rings is 1. The number of hydrogen-bond donors (Lipinski definition) is 1. The Morgan fingerprint density at radius 2 is 1.74 bits per heavy atom. The van der Waals surface area contributed by atoms with E-state index in [1.807, 2.05) is 35.2 Å². The van der Waals surface area contributed by atoms with Gasteiger partial charge in [0.1, 0.15) is 17.3 Å². The molecule has 0 saturated carbocycles. The smallest absolute Gasteiger partial charge is 0.241 e. The molecule has 1 aliphatic heterocycles. The molecule has 0 bridgehead atoms. The lowest BCUT2D eigenvalue weighted by Gasteiger charge is -2.35. The number of hydrogen-bond acceptors (Lipinski definition) is 3. The minimum atomic E-state index is -0.774. The molecule has 1 amide bonds. The van der Waals surface area contributed by atoms with Crippen LogP contribution in [0.15, 0.2) is 48.5 Å². The first-order valence-electron chi connectivity index (χ1n) is 9.19. The third-order valence-electron chi connectivity index (χ3n) is 4.94. The van der Waals surface area contributed by atoms with E-state index in [1.165, 1.54) is 6.07 Å². The number of halogens is 2. The molecule has 27 heavy (non-hydrogen) atoms. The molecule has 3 rings (SSSR count). The minimum Gasteiger partial charge on any atom is -0.373 e. The summed E-state index contributed by atoms with van der Waals surface area (Å²) >= 11 is 0. The first-order chi connectivity index (χ1) is 13.0. The van der Waals surface area contributed by atoms with Gasteiger partial charge in [0.25, 0.3) is 0 Å². The number of ether oxygens (including phenoxy) is 1. The fraction of sp³-hybridized carbons (Fsp3) is 0.381. The Bertz CT molecular complexity index is 742. The van der Waals surface area contributed by atoms with Crippen molar-refractivity contribution in [1.29, 1.82) is 0 Å². The van der Waals surface area contributed by atoms with Gasteiger partial charge in [0, 0.05) is 13.1 Å². The maximum Gasteiger partial charge on any atom is 0.241 e. The summed E-state index contributed by atoms with van der Waals surface area (Å²) in [6.45, 7) is 3.73. The number of rotatable bonds is 6. The molecule has 1 aliphatic rings. The van der Waals surface area contributed by atoms with Gasteiger partial charge < -0.3 is 10.1 Å². The predicted molar refractivity (Wildman–Crippen MR) is 100 cm³/mol. The van der Waals surface area contributed by atoms with Gasteiger partial charge in [-0.25, -0.2) is 8.78 Å². The van der Waals surface area contributed by atoms with E-state index in [9.17, 15) is 13.6 Å². The molecule has 4 nitrogen and oxygen atoms in total.